The van der Waals surface area contributed by atoms with Gasteiger partial charge in [0.25, 0.3) is 11.1 Å². The third-order valence-electron chi connectivity index (χ3n) is 5.85. The molecular formula is C24H28BrN3O3S. The summed E-state index contributed by atoms with van der Waals surface area (Å²) in [6.45, 7) is 6.29. The van der Waals surface area contributed by atoms with Gasteiger partial charge in [-0.3, -0.25) is 19.3 Å². The second-order valence-corrected chi connectivity index (χ2v) is 10.8. The lowest BCUT2D eigenvalue weighted by molar-refractivity contribution is -0.131. The third-order valence-corrected chi connectivity index (χ3v) is 7.25. The molecule has 2 aliphatic heterocycles. The first-order chi connectivity index (χ1) is 15.3. The van der Waals surface area contributed by atoms with Gasteiger partial charge in [0.15, 0.2) is 0 Å². The fraction of sp³-hybridized carbons (Fsp3) is 0.458. The number of carbonyl (C=O) groups excluding carboxylic acids is 3. The molecule has 0 atom stereocenters. The Labute approximate surface area is 201 Å². The van der Waals surface area contributed by atoms with Crippen LogP contribution < -0.4 is 0 Å². The quantitative estimate of drug-likeness (QED) is 0.491. The molecule has 8 heteroatoms. The van der Waals surface area contributed by atoms with Gasteiger partial charge < -0.3 is 9.47 Å². The van der Waals surface area contributed by atoms with E-state index in [1.54, 1.807) is 6.08 Å². The molecule has 0 N–H and O–H groups in total. The average Bonchev–Trinajstić information content (AvgIpc) is 3.05. The first kappa shape index (κ1) is 23.1. The van der Waals surface area contributed by atoms with Crippen LogP contribution in [0.15, 0.2) is 33.8 Å². The minimum absolute atomic E-state index is 0.121. The molecule has 0 spiro atoms. The zero-order chi connectivity index (χ0) is 22.8. The molecule has 0 saturated carbocycles. The summed E-state index contributed by atoms with van der Waals surface area (Å²) in [6, 6.07) is 5.93. The van der Waals surface area contributed by atoms with Gasteiger partial charge in [-0.05, 0) is 54.8 Å². The first-order valence-corrected chi connectivity index (χ1v) is 12.8. The van der Waals surface area contributed by atoms with E-state index in [0.29, 0.717) is 11.4 Å². The molecule has 6 nitrogen and oxygen atoms in total. The summed E-state index contributed by atoms with van der Waals surface area (Å²) < 4.78 is 2.88. The number of hydrogen-bond donors (Lipinski definition) is 0. The highest BCUT2D eigenvalue weighted by Gasteiger charge is 2.35. The maximum Gasteiger partial charge on any atom is 0.293 e. The first-order valence-electron chi connectivity index (χ1n) is 11.1. The van der Waals surface area contributed by atoms with E-state index in [0.717, 1.165) is 58.6 Å². The number of carbonyl (C=O) groups is 3. The van der Waals surface area contributed by atoms with Crippen molar-refractivity contribution in [3.63, 3.8) is 0 Å². The van der Waals surface area contributed by atoms with Crippen LogP contribution in [0.5, 0.6) is 0 Å². The largest absolute Gasteiger partial charge is 0.341 e. The van der Waals surface area contributed by atoms with Crippen LogP contribution in [0.4, 0.5) is 4.79 Å². The van der Waals surface area contributed by atoms with E-state index in [9.17, 15) is 14.4 Å². The van der Waals surface area contributed by atoms with Crippen LogP contribution in [0.3, 0.4) is 0 Å². The Bertz CT molecular complexity index is 1080. The number of halogens is 1. The van der Waals surface area contributed by atoms with Gasteiger partial charge in [-0.1, -0.05) is 42.6 Å². The van der Waals surface area contributed by atoms with Crippen LogP contribution in [-0.4, -0.2) is 51.1 Å². The predicted octanol–water partition coefficient (Wildman–Crippen LogP) is 5.50. The van der Waals surface area contributed by atoms with Crippen molar-refractivity contribution in [2.24, 2.45) is 5.92 Å². The Balaban J connectivity index is 1.65. The zero-order valence-corrected chi connectivity index (χ0v) is 20.9. The molecule has 2 aliphatic rings. The fourth-order valence-corrected chi connectivity index (χ4v) is 5.47. The molecule has 3 amide bonds. The highest BCUT2D eigenvalue weighted by Crippen LogP contribution is 2.35. The summed E-state index contributed by atoms with van der Waals surface area (Å²) in [6.07, 6.45) is 8.18. The summed E-state index contributed by atoms with van der Waals surface area (Å²) in [5.74, 6) is 0.0893. The topological polar surface area (TPSA) is 62.6 Å². The number of benzene rings is 1. The normalized spacial score (nSPS) is 18.9. The molecule has 1 aromatic carbocycles. The number of hydrogen-bond acceptors (Lipinski definition) is 4. The van der Waals surface area contributed by atoms with Crippen molar-refractivity contribution < 1.29 is 14.4 Å². The lowest BCUT2D eigenvalue weighted by Crippen LogP contribution is -2.34. The standard InChI is InChI=1S/C24H28BrN3O3S/c1-16(2)13-28-23(30)21(32-24(28)31)11-17-14-27(20-8-7-18(25)12-19(17)20)15-22(29)26-9-5-3-4-6-10-26/h7-8,11-12,14,16H,3-6,9-10,13,15H2,1-2H3/b21-11-. The van der Waals surface area contributed by atoms with Crippen molar-refractivity contribution in [1.29, 1.82) is 0 Å². The van der Waals surface area contributed by atoms with Crippen molar-refractivity contribution in [2.45, 2.75) is 46.1 Å². The van der Waals surface area contributed by atoms with Gasteiger partial charge in [-0.15, -0.1) is 0 Å². The van der Waals surface area contributed by atoms with Gasteiger partial charge >= 0.3 is 0 Å². The number of thioether (sulfide) groups is 1. The van der Waals surface area contributed by atoms with Gasteiger partial charge in [0.2, 0.25) is 5.91 Å². The second-order valence-electron chi connectivity index (χ2n) is 8.85. The maximum atomic E-state index is 13.0. The van der Waals surface area contributed by atoms with Crippen LogP contribution in [-0.2, 0) is 16.1 Å². The Hall–Kier alpha value is -2.06. The van der Waals surface area contributed by atoms with Gasteiger partial charge in [0.1, 0.15) is 6.54 Å². The molecular weight excluding hydrogens is 490 g/mol. The molecule has 2 fully saturated rings. The number of rotatable bonds is 5. The molecule has 1 aromatic heterocycles. The highest BCUT2D eigenvalue weighted by molar-refractivity contribution is 9.10. The van der Waals surface area contributed by atoms with Gasteiger partial charge in [0, 0.05) is 46.8 Å². The summed E-state index contributed by atoms with van der Waals surface area (Å²) in [5.41, 5.74) is 1.77. The smallest absolute Gasteiger partial charge is 0.293 e. The van der Waals surface area contributed by atoms with Gasteiger partial charge in [-0.2, -0.15) is 0 Å². The number of imide groups is 1. The fourth-order valence-electron chi connectivity index (χ4n) is 4.27. The highest BCUT2D eigenvalue weighted by atomic mass is 79.9. The summed E-state index contributed by atoms with van der Waals surface area (Å²) in [4.78, 5) is 41.9. The molecule has 0 bridgehead atoms. The zero-order valence-electron chi connectivity index (χ0n) is 18.5. The lowest BCUT2D eigenvalue weighted by Gasteiger charge is -2.20. The molecule has 170 valence electrons. The molecule has 3 heterocycles. The number of likely N-dealkylation sites (tertiary alicyclic amines) is 1. The monoisotopic (exact) mass is 517 g/mol. The van der Waals surface area contributed by atoms with E-state index in [4.69, 9.17) is 0 Å². The van der Waals surface area contributed by atoms with Gasteiger partial charge in [-0.25, -0.2) is 0 Å². The number of amides is 3. The molecule has 0 radical (unpaired) electrons. The summed E-state index contributed by atoms with van der Waals surface area (Å²) in [7, 11) is 0. The van der Waals surface area contributed by atoms with Crippen molar-refractivity contribution in [2.75, 3.05) is 19.6 Å². The van der Waals surface area contributed by atoms with Crippen LogP contribution in [0.25, 0.3) is 17.0 Å². The Morgan fingerprint density at radius 3 is 2.56 bits per heavy atom. The lowest BCUT2D eigenvalue weighted by atomic mass is 10.1. The van der Waals surface area contributed by atoms with E-state index in [1.165, 1.54) is 17.7 Å². The SMILES string of the molecule is CC(C)CN1C(=O)S/C(=C\c2cn(CC(=O)N3CCCCCC3)c3ccc(Br)cc23)C1=O. The van der Waals surface area contributed by atoms with Crippen molar-refractivity contribution in [3.8, 4) is 0 Å². The molecule has 4 rings (SSSR count). The Morgan fingerprint density at radius 1 is 1.16 bits per heavy atom. The summed E-state index contributed by atoms with van der Waals surface area (Å²) in [5, 5.41) is 0.718. The van der Waals surface area contributed by atoms with E-state index in [-0.39, 0.29) is 29.5 Å². The molecule has 32 heavy (non-hydrogen) atoms. The minimum Gasteiger partial charge on any atom is -0.341 e. The van der Waals surface area contributed by atoms with Crippen molar-refractivity contribution in [3.05, 3.63) is 39.3 Å². The molecule has 2 aromatic rings. The van der Waals surface area contributed by atoms with Crippen LogP contribution >= 0.6 is 27.7 Å². The minimum atomic E-state index is -0.245. The van der Waals surface area contributed by atoms with E-state index in [2.05, 4.69) is 15.9 Å². The average molecular weight is 518 g/mol. The number of nitrogens with zero attached hydrogens (tertiary/aromatic N) is 3. The summed E-state index contributed by atoms with van der Waals surface area (Å²) >= 11 is 4.51. The molecule has 0 aliphatic carbocycles. The van der Waals surface area contributed by atoms with Crippen LogP contribution in [0.1, 0.15) is 45.1 Å². The van der Waals surface area contributed by atoms with E-state index < -0.39 is 0 Å². The number of aromatic nitrogens is 1. The van der Waals surface area contributed by atoms with Gasteiger partial charge in [0.05, 0.1) is 4.91 Å². The number of fused-ring (bicyclic) bond motifs is 1. The van der Waals surface area contributed by atoms with Crippen molar-refractivity contribution in [1.82, 2.24) is 14.4 Å². The second kappa shape index (κ2) is 9.83. The molecule has 0 unspecified atom stereocenters. The Morgan fingerprint density at radius 2 is 1.88 bits per heavy atom. The van der Waals surface area contributed by atoms with Crippen LogP contribution in [0.2, 0.25) is 0 Å². The molecule has 2 saturated heterocycles. The Kier molecular flexibility index (Phi) is 7.10. The third kappa shape index (κ3) is 4.96. The van der Waals surface area contributed by atoms with E-state index >= 15 is 0 Å². The van der Waals surface area contributed by atoms with Crippen LogP contribution in [0, 0.1) is 5.92 Å². The van der Waals surface area contributed by atoms with Crippen molar-refractivity contribution >= 4 is 61.7 Å². The van der Waals surface area contributed by atoms with E-state index in [1.807, 2.05) is 47.7 Å². The maximum absolute atomic E-state index is 13.0. The predicted molar refractivity (Wildman–Crippen MR) is 132 cm³/mol.